The van der Waals surface area contributed by atoms with Crippen molar-refractivity contribution in [2.45, 2.75) is 58.2 Å². The summed E-state index contributed by atoms with van der Waals surface area (Å²) in [7, 11) is -0.414. The summed E-state index contributed by atoms with van der Waals surface area (Å²) in [4.78, 5) is 19.5. The van der Waals surface area contributed by atoms with Crippen molar-refractivity contribution in [1.82, 2.24) is 4.98 Å². The summed E-state index contributed by atoms with van der Waals surface area (Å²) >= 11 is 0. The molecule has 2 fully saturated rings. The average molecular weight is 392 g/mol. The fraction of sp³-hybridized carbons (Fsp3) is 0.478. The van der Waals surface area contributed by atoms with Crippen molar-refractivity contribution < 1.29 is 14.1 Å². The molecule has 0 saturated carbocycles. The number of carbonyl (C=O) groups is 1. The van der Waals surface area contributed by atoms with E-state index in [1.807, 2.05) is 64.1 Å². The lowest BCUT2D eigenvalue weighted by Gasteiger charge is -2.32. The van der Waals surface area contributed by atoms with E-state index in [1.165, 1.54) is 12.8 Å². The van der Waals surface area contributed by atoms with Crippen molar-refractivity contribution in [3.8, 4) is 0 Å². The van der Waals surface area contributed by atoms with Gasteiger partial charge in [-0.15, -0.1) is 0 Å². The minimum absolute atomic E-state index is 0.0662. The van der Waals surface area contributed by atoms with Crippen LogP contribution in [0.25, 0.3) is 0 Å². The van der Waals surface area contributed by atoms with Crippen molar-refractivity contribution >= 4 is 24.1 Å². The van der Waals surface area contributed by atoms with Crippen LogP contribution in [0.5, 0.6) is 0 Å². The molecule has 29 heavy (non-hydrogen) atoms. The maximum atomic E-state index is 12.8. The Morgan fingerprint density at radius 1 is 1.03 bits per heavy atom. The standard InChI is InChI=1S/C23H29BN2O3/c1-22(2)23(3,4)29-24(28-22)18-9-7-17(8-10-18)21(27)16-19-15-20(11-12-25-19)26-13-5-6-14-26/h7-12,15H,5-6,13-14,16H2,1-4H3. The van der Waals surface area contributed by atoms with Crippen LogP contribution in [0.2, 0.25) is 0 Å². The summed E-state index contributed by atoms with van der Waals surface area (Å²) in [6.07, 6.45) is 4.56. The SMILES string of the molecule is CC1(C)OB(c2ccc(C(=O)Cc3cc(N4CCCC4)ccn3)cc2)OC1(C)C. The largest absolute Gasteiger partial charge is 0.494 e. The zero-order valence-corrected chi connectivity index (χ0v) is 17.8. The maximum Gasteiger partial charge on any atom is 0.494 e. The molecule has 0 amide bonds. The maximum absolute atomic E-state index is 12.8. The Labute approximate surface area is 173 Å². The third-order valence-electron chi connectivity index (χ3n) is 6.37. The number of aromatic nitrogens is 1. The number of pyridine rings is 1. The number of ketones is 1. The molecule has 152 valence electrons. The molecule has 0 spiro atoms. The zero-order valence-electron chi connectivity index (χ0n) is 17.8. The highest BCUT2D eigenvalue weighted by Gasteiger charge is 2.51. The molecule has 3 heterocycles. The highest BCUT2D eigenvalue weighted by Crippen LogP contribution is 2.36. The quantitative estimate of drug-likeness (QED) is 0.577. The van der Waals surface area contributed by atoms with Gasteiger partial charge in [-0.3, -0.25) is 9.78 Å². The first-order chi connectivity index (χ1) is 13.7. The molecule has 2 saturated heterocycles. The third kappa shape index (κ3) is 4.10. The molecular weight excluding hydrogens is 363 g/mol. The summed E-state index contributed by atoms with van der Waals surface area (Å²) in [5.41, 5.74) is 2.83. The van der Waals surface area contributed by atoms with E-state index in [2.05, 4.69) is 9.88 Å². The highest BCUT2D eigenvalue weighted by atomic mass is 16.7. The average Bonchev–Trinajstić information content (AvgIpc) is 3.29. The first-order valence-corrected chi connectivity index (χ1v) is 10.4. The fourth-order valence-electron chi connectivity index (χ4n) is 3.81. The number of hydrogen-bond acceptors (Lipinski definition) is 5. The minimum atomic E-state index is -0.414. The molecule has 0 radical (unpaired) electrons. The van der Waals surface area contributed by atoms with Crippen LogP contribution in [0.3, 0.4) is 0 Å². The van der Waals surface area contributed by atoms with E-state index < -0.39 is 7.12 Å². The number of nitrogens with zero attached hydrogens (tertiary/aromatic N) is 2. The van der Waals surface area contributed by atoms with Crippen LogP contribution in [0.1, 0.15) is 56.6 Å². The second kappa shape index (κ2) is 7.58. The molecule has 2 aliphatic rings. The van der Waals surface area contributed by atoms with Gasteiger partial charge in [0.25, 0.3) is 0 Å². The van der Waals surface area contributed by atoms with Crippen LogP contribution >= 0.6 is 0 Å². The van der Waals surface area contributed by atoms with E-state index >= 15 is 0 Å². The number of Topliss-reactive ketones (excluding diaryl/α,β-unsaturated/α-hetero) is 1. The molecule has 0 N–H and O–H groups in total. The smallest absolute Gasteiger partial charge is 0.399 e. The van der Waals surface area contributed by atoms with E-state index in [0.29, 0.717) is 12.0 Å². The number of carbonyl (C=O) groups excluding carboxylic acids is 1. The van der Waals surface area contributed by atoms with Crippen molar-refractivity contribution in [2.75, 3.05) is 18.0 Å². The molecule has 2 aromatic rings. The van der Waals surface area contributed by atoms with Crippen LogP contribution in [0, 0.1) is 0 Å². The molecular formula is C23H29BN2O3. The van der Waals surface area contributed by atoms with Crippen LogP contribution in [-0.2, 0) is 15.7 Å². The summed E-state index contributed by atoms with van der Waals surface area (Å²) in [6.45, 7) is 10.3. The van der Waals surface area contributed by atoms with E-state index in [0.717, 1.165) is 29.9 Å². The van der Waals surface area contributed by atoms with E-state index in [1.54, 1.807) is 6.20 Å². The van der Waals surface area contributed by atoms with Gasteiger partial charge in [0, 0.05) is 30.5 Å². The van der Waals surface area contributed by atoms with E-state index in [4.69, 9.17) is 9.31 Å². The van der Waals surface area contributed by atoms with Crippen LogP contribution in [0.15, 0.2) is 42.6 Å². The van der Waals surface area contributed by atoms with Gasteiger partial charge in [0.05, 0.1) is 23.3 Å². The fourth-order valence-corrected chi connectivity index (χ4v) is 3.81. The van der Waals surface area contributed by atoms with Crippen LogP contribution < -0.4 is 10.4 Å². The Morgan fingerprint density at radius 2 is 1.66 bits per heavy atom. The van der Waals surface area contributed by atoms with Gasteiger partial charge in [0.2, 0.25) is 0 Å². The van der Waals surface area contributed by atoms with Gasteiger partial charge in [-0.1, -0.05) is 24.3 Å². The van der Waals surface area contributed by atoms with Gasteiger partial charge in [-0.25, -0.2) is 0 Å². The van der Waals surface area contributed by atoms with Crippen molar-refractivity contribution in [3.05, 3.63) is 53.9 Å². The summed E-state index contributed by atoms with van der Waals surface area (Å²) in [6, 6.07) is 11.6. The lowest BCUT2D eigenvalue weighted by atomic mass is 9.78. The number of hydrogen-bond donors (Lipinski definition) is 0. The molecule has 0 unspecified atom stereocenters. The predicted octanol–water partition coefficient (Wildman–Crippen LogP) is 3.41. The molecule has 6 heteroatoms. The Kier molecular flexibility index (Phi) is 5.26. The third-order valence-corrected chi connectivity index (χ3v) is 6.37. The van der Waals surface area contributed by atoms with Gasteiger partial charge in [0.15, 0.2) is 5.78 Å². The molecule has 0 bridgehead atoms. The highest BCUT2D eigenvalue weighted by molar-refractivity contribution is 6.62. The first kappa shape index (κ1) is 20.1. The number of anilines is 1. The van der Waals surface area contributed by atoms with Gasteiger partial charge in [-0.05, 0) is 58.1 Å². The zero-order chi connectivity index (χ0) is 20.6. The van der Waals surface area contributed by atoms with Gasteiger partial charge < -0.3 is 14.2 Å². The first-order valence-electron chi connectivity index (χ1n) is 10.4. The van der Waals surface area contributed by atoms with Crippen molar-refractivity contribution in [3.63, 3.8) is 0 Å². The van der Waals surface area contributed by atoms with Crippen LogP contribution in [-0.4, -0.2) is 42.2 Å². The van der Waals surface area contributed by atoms with Crippen LogP contribution in [0.4, 0.5) is 5.69 Å². The minimum Gasteiger partial charge on any atom is -0.399 e. The lowest BCUT2D eigenvalue weighted by molar-refractivity contribution is 0.00578. The van der Waals surface area contributed by atoms with Gasteiger partial charge in [0.1, 0.15) is 0 Å². The summed E-state index contributed by atoms with van der Waals surface area (Å²) < 4.78 is 12.2. The molecule has 1 aromatic carbocycles. The Balaban J connectivity index is 1.43. The Bertz CT molecular complexity index is 873. The second-order valence-electron chi connectivity index (χ2n) is 9.01. The van der Waals surface area contributed by atoms with Gasteiger partial charge in [-0.2, -0.15) is 0 Å². The summed E-state index contributed by atoms with van der Waals surface area (Å²) in [5, 5.41) is 0. The number of benzene rings is 1. The lowest BCUT2D eigenvalue weighted by Crippen LogP contribution is -2.41. The monoisotopic (exact) mass is 392 g/mol. The number of rotatable bonds is 5. The van der Waals surface area contributed by atoms with Crippen molar-refractivity contribution in [2.24, 2.45) is 0 Å². The molecule has 2 aliphatic heterocycles. The van der Waals surface area contributed by atoms with E-state index in [9.17, 15) is 4.79 Å². The topological polar surface area (TPSA) is 51.7 Å². The van der Waals surface area contributed by atoms with E-state index in [-0.39, 0.29) is 17.0 Å². The molecule has 4 rings (SSSR count). The van der Waals surface area contributed by atoms with Crippen molar-refractivity contribution in [1.29, 1.82) is 0 Å². The Hall–Kier alpha value is -2.18. The van der Waals surface area contributed by atoms with Gasteiger partial charge >= 0.3 is 7.12 Å². The second-order valence-corrected chi connectivity index (χ2v) is 9.01. The Morgan fingerprint density at radius 3 is 2.28 bits per heavy atom. The molecule has 0 aliphatic carbocycles. The summed E-state index contributed by atoms with van der Waals surface area (Å²) in [5.74, 6) is 0.0662. The molecule has 1 aromatic heterocycles. The predicted molar refractivity (Wildman–Crippen MR) is 116 cm³/mol. The normalized spacial score (nSPS) is 20.3. The molecule has 5 nitrogen and oxygen atoms in total. The molecule has 0 atom stereocenters.